The minimum Gasteiger partial charge on any atom is -0.481 e. The topological polar surface area (TPSA) is 123 Å². The summed E-state index contributed by atoms with van der Waals surface area (Å²) in [6.45, 7) is 2.53. The fourth-order valence-corrected chi connectivity index (χ4v) is 8.58. The van der Waals surface area contributed by atoms with E-state index in [1.807, 2.05) is 17.0 Å². The average Bonchev–Trinajstić information content (AvgIpc) is 3.67. The van der Waals surface area contributed by atoms with Gasteiger partial charge in [0.2, 0.25) is 5.82 Å². The molecule has 5 heterocycles. The highest BCUT2D eigenvalue weighted by molar-refractivity contribution is 7.22. The molecule has 2 atom stereocenters. The molecule has 5 aromatic rings. The molecule has 10 nitrogen and oxygen atoms in total. The number of halogens is 2. The van der Waals surface area contributed by atoms with Crippen molar-refractivity contribution in [2.75, 3.05) is 41.3 Å². The molecule has 3 saturated carbocycles. The predicted octanol–water partition coefficient (Wildman–Crippen LogP) is 6.05. The van der Waals surface area contributed by atoms with Gasteiger partial charge in [0.1, 0.15) is 10.7 Å². The third kappa shape index (κ3) is 4.71. The van der Waals surface area contributed by atoms with E-state index < -0.39 is 23.7 Å². The molecule has 1 aromatic carbocycles. The van der Waals surface area contributed by atoms with E-state index in [1.54, 1.807) is 17.5 Å². The van der Waals surface area contributed by atoms with Crippen molar-refractivity contribution in [3.63, 3.8) is 0 Å². The van der Waals surface area contributed by atoms with E-state index in [4.69, 9.17) is 16.6 Å². The normalized spacial score (nSPS) is 23.5. The van der Waals surface area contributed by atoms with Gasteiger partial charge in [0.15, 0.2) is 23.1 Å². The minimum absolute atomic E-state index is 0.0186. The maximum Gasteiger partial charge on any atom is 0.308 e. The molecular formula is C31H30ClFN8O2S. The molecular weight excluding hydrogens is 603 g/mol. The number of benzene rings is 1. The molecule has 4 fully saturated rings. The van der Waals surface area contributed by atoms with Crippen molar-refractivity contribution in [3.05, 3.63) is 53.7 Å². The Balaban J connectivity index is 1.15. The molecule has 4 aliphatic rings. The van der Waals surface area contributed by atoms with Crippen LogP contribution in [-0.2, 0) is 4.79 Å². The summed E-state index contributed by atoms with van der Waals surface area (Å²) in [6.07, 6.45) is 6.78. The molecule has 4 aromatic heterocycles. The smallest absolute Gasteiger partial charge is 0.308 e. The van der Waals surface area contributed by atoms with E-state index in [2.05, 4.69) is 48.4 Å². The molecule has 3 aliphatic carbocycles. The van der Waals surface area contributed by atoms with E-state index in [0.29, 0.717) is 42.9 Å². The Morgan fingerprint density at radius 1 is 1.05 bits per heavy atom. The van der Waals surface area contributed by atoms with Gasteiger partial charge >= 0.3 is 5.97 Å². The molecule has 0 unspecified atom stereocenters. The van der Waals surface area contributed by atoms with Crippen molar-refractivity contribution >= 4 is 66.8 Å². The number of H-pyrrole nitrogens is 1. The molecule has 1 aliphatic heterocycles. The lowest BCUT2D eigenvalue weighted by molar-refractivity contribution is -0.148. The van der Waals surface area contributed by atoms with E-state index in [-0.39, 0.29) is 34.4 Å². The number of piperazine rings is 1. The summed E-state index contributed by atoms with van der Waals surface area (Å²) in [7, 11) is 0. The van der Waals surface area contributed by atoms with Gasteiger partial charge in [0.25, 0.3) is 0 Å². The molecule has 13 heteroatoms. The molecule has 0 radical (unpaired) electrons. The quantitative estimate of drug-likeness (QED) is 0.205. The number of thiophene rings is 1. The van der Waals surface area contributed by atoms with Gasteiger partial charge < -0.3 is 25.2 Å². The second-order valence-corrected chi connectivity index (χ2v) is 13.4. The van der Waals surface area contributed by atoms with Gasteiger partial charge in [-0.1, -0.05) is 29.8 Å². The number of nitrogens with one attached hydrogen (secondary N) is 2. The Bertz CT molecular complexity index is 1850. The van der Waals surface area contributed by atoms with Gasteiger partial charge in [-0.3, -0.25) is 4.79 Å². The third-order valence-electron chi connectivity index (χ3n) is 9.54. The van der Waals surface area contributed by atoms with Crippen molar-refractivity contribution < 1.29 is 14.3 Å². The first kappa shape index (κ1) is 27.5. The lowest BCUT2D eigenvalue weighted by Gasteiger charge is -2.47. The highest BCUT2D eigenvalue weighted by Crippen LogP contribution is 2.47. The number of rotatable bonds is 6. The minimum atomic E-state index is -0.842. The first-order valence-corrected chi connectivity index (χ1v) is 16.2. The Kier molecular flexibility index (Phi) is 6.78. The zero-order valence-corrected chi connectivity index (χ0v) is 25.3. The van der Waals surface area contributed by atoms with E-state index in [0.717, 1.165) is 25.7 Å². The summed E-state index contributed by atoms with van der Waals surface area (Å²) in [6, 6.07) is 10.1. The molecule has 3 N–H and O–H groups in total. The van der Waals surface area contributed by atoms with Crippen LogP contribution in [0.25, 0.3) is 32.6 Å². The van der Waals surface area contributed by atoms with Crippen molar-refractivity contribution in [1.29, 1.82) is 0 Å². The predicted molar refractivity (Wildman–Crippen MR) is 170 cm³/mol. The van der Waals surface area contributed by atoms with Crippen molar-refractivity contribution in [1.82, 2.24) is 24.9 Å². The highest BCUT2D eigenvalue weighted by atomic mass is 35.5. The SMILES string of the molecule is O=C(O)[C@H]1C2CCC(CC2)[C@@H]1Nc1nc(-c2c[nH]c3ncc(Cl)nc23)nc(N2CCN(c3cc4ccccc4s3)CC2)c1F. The zero-order chi connectivity index (χ0) is 29.9. The van der Waals surface area contributed by atoms with Crippen LogP contribution >= 0.6 is 22.9 Å². The second-order valence-electron chi connectivity index (χ2n) is 11.9. The van der Waals surface area contributed by atoms with Crippen LogP contribution < -0.4 is 15.1 Å². The number of hydrogen-bond donors (Lipinski definition) is 3. The number of carbonyl (C=O) groups is 1. The lowest BCUT2D eigenvalue weighted by Crippen LogP contribution is -2.51. The lowest BCUT2D eigenvalue weighted by atomic mass is 9.61. The number of aromatic nitrogens is 5. The molecule has 9 rings (SSSR count). The molecule has 0 spiro atoms. The summed E-state index contributed by atoms with van der Waals surface area (Å²) in [5.41, 5.74) is 1.54. The zero-order valence-electron chi connectivity index (χ0n) is 23.7. The largest absolute Gasteiger partial charge is 0.481 e. The fraction of sp³-hybridized carbons (Fsp3) is 0.387. The summed E-state index contributed by atoms with van der Waals surface area (Å²) in [5, 5.41) is 16.1. The Hall–Kier alpha value is -4.03. The second kappa shape index (κ2) is 10.8. The van der Waals surface area contributed by atoms with Gasteiger partial charge in [-0.05, 0) is 55.0 Å². The number of carboxylic acid groups (broad SMARTS) is 1. The Morgan fingerprint density at radius 3 is 2.57 bits per heavy atom. The third-order valence-corrected chi connectivity index (χ3v) is 10.9. The van der Waals surface area contributed by atoms with Crippen LogP contribution in [0, 0.1) is 23.6 Å². The van der Waals surface area contributed by atoms with Crippen molar-refractivity contribution in [3.8, 4) is 11.4 Å². The number of anilines is 3. The maximum atomic E-state index is 16.5. The number of hydrogen-bond acceptors (Lipinski definition) is 9. The first-order valence-electron chi connectivity index (χ1n) is 15.0. The van der Waals surface area contributed by atoms with Gasteiger partial charge in [-0.15, -0.1) is 11.3 Å². The summed E-state index contributed by atoms with van der Waals surface area (Å²) in [4.78, 5) is 37.9. The van der Waals surface area contributed by atoms with Crippen molar-refractivity contribution in [2.45, 2.75) is 31.7 Å². The molecule has 0 amide bonds. The molecule has 226 valence electrons. The van der Waals surface area contributed by atoms with Crippen LogP contribution in [-0.4, -0.2) is 68.2 Å². The summed E-state index contributed by atoms with van der Waals surface area (Å²) in [5.74, 6) is -1.31. The molecule has 44 heavy (non-hydrogen) atoms. The van der Waals surface area contributed by atoms with E-state index in [1.165, 1.54) is 21.3 Å². The number of fused-ring (bicyclic) bond motifs is 5. The monoisotopic (exact) mass is 632 g/mol. The highest BCUT2D eigenvalue weighted by Gasteiger charge is 2.48. The van der Waals surface area contributed by atoms with Crippen LogP contribution in [0.3, 0.4) is 0 Å². The molecule has 2 bridgehead atoms. The van der Waals surface area contributed by atoms with Gasteiger partial charge in [0.05, 0.1) is 22.7 Å². The Morgan fingerprint density at radius 2 is 1.80 bits per heavy atom. The number of aromatic amines is 1. The molecule has 1 saturated heterocycles. The summed E-state index contributed by atoms with van der Waals surface area (Å²) >= 11 is 7.94. The average molecular weight is 633 g/mol. The van der Waals surface area contributed by atoms with Crippen LogP contribution in [0.2, 0.25) is 5.15 Å². The van der Waals surface area contributed by atoms with Crippen molar-refractivity contribution in [2.24, 2.45) is 17.8 Å². The standard InChI is InChI=1S/C31H30ClFN8O2S/c32-21-15-35-29-26(36-21)19(14-34-29)27-38-28(37-25-17-7-5-16(6-8-17)23(25)31(42)43)24(33)30(39-27)41-11-9-40(10-12-41)22-13-18-3-1-2-4-20(18)44-22/h1-4,13-17,23,25H,5-12H2,(H,34,35)(H,42,43)(H,37,38,39)/t16?,17?,23-,25-/m0/s1. The summed E-state index contributed by atoms with van der Waals surface area (Å²) < 4.78 is 17.7. The number of nitrogens with zero attached hydrogens (tertiary/aromatic N) is 6. The van der Waals surface area contributed by atoms with Gasteiger partial charge in [-0.25, -0.2) is 19.9 Å². The van der Waals surface area contributed by atoms with E-state index >= 15 is 4.39 Å². The number of carboxylic acids is 1. The fourth-order valence-electron chi connectivity index (χ4n) is 7.33. The number of aliphatic carboxylic acids is 1. The van der Waals surface area contributed by atoms with Gasteiger partial charge in [0, 0.05) is 43.1 Å². The maximum absolute atomic E-state index is 16.5. The van der Waals surface area contributed by atoms with Crippen LogP contribution in [0.1, 0.15) is 25.7 Å². The van der Waals surface area contributed by atoms with Gasteiger partial charge in [-0.2, -0.15) is 4.39 Å². The van der Waals surface area contributed by atoms with Crippen LogP contribution in [0.5, 0.6) is 0 Å². The first-order chi connectivity index (χ1) is 21.4. The van der Waals surface area contributed by atoms with Crippen LogP contribution in [0.15, 0.2) is 42.7 Å². The van der Waals surface area contributed by atoms with E-state index in [9.17, 15) is 9.90 Å². The van der Waals surface area contributed by atoms with Crippen LogP contribution in [0.4, 0.5) is 21.0 Å². The Labute approximate surface area is 261 Å².